The number of nitrogens with zero attached hydrogens (tertiary/aromatic N) is 5. The summed E-state index contributed by atoms with van der Waals surface area (Å²) in [6.45, 7) is 1.93. The van der Waals surface area contributed by atoms with E-state index in [1.807, 2.05) is 0 Å². The van der Waals surface area contributed by atoms with Gasteiger partial charge in [0, 0.05) is 13.1 Å². The van der Waals surface area contributed by atoms with Gasteiger partial charge in [-0.1, -0.05) is 11.8 Å². The lowest BCUT2D eigenvalue weighted by Crippen LogP contribution is -2.18. The van der Waals surface area contributed by atoms with E-state index in [1.165, 1.54) is 0 Å². The summed E-state index contributed by atoms with van der Waals surface area (Å²) in [4.78, 5) is 12.7. The summed E-state index contributed by atoms with van der Waals surface area (Å²) in [6.07, 6.45) is 1.00. The van der Waals surface area contributed by atoms with Crippen molar-refractivity contribution in [1.82, 2.24) is 25.1 Å². The van der Waals surface area contributed by atoms with Gasteiger partial charge in [-0.3, -0.25) is 4.79 Å². The van der Waals surface area contributed by atoms with Gasteiger partial charge in [-0.2, -0.15) is 0 Å². The van der Waals surface area contributed by atoms with Crippen LogP contribution in [0.5, 0.6) is 0 Å². The zero-order chi connectivity index (χ0) is 11.5. The Morgan fingerprint density at radius 1 is 1.69 bits per heavy atom. The summed E-state index contributed by atoms with van der Waals surface area (Å²) in [5, 5.41) is 20.6. The molecule has 2 rings (SSSR count). The molecule has 0 bridgehead atoms. The molecule has 1 aliphatic heterocycles. The Morgan fingerprint density at radius 3 is 3.12 bits per heavy atom. The average molecular weight is 243 g/mol. The molecular weight excluding hydrogens is 230 g/mol. The van der Waals surface area contributed by atoms with Gasteiger partial charge in [0.25, 0.3) is 0 Å². The van der Waals surface area contributed by atoms with Crippen molar-refractivity contribution in [2.45, 2.75) is 17.6 Å². The number of carboxylic acid groups (broad SMARTS) is 1. The number of thioether (sulfide) groups is 1. The van der Waals surface area contributed by atoms with Gasteiger partial charge >= 0.3 is 5.97 Å². The van der Waals surface area contributed by atoms with Crippen LogP contribution < -0.4 is 0 Å². The van der Waals surface area contributed by atoms with Crippen molar-refractivity contribution in [3.63, 3.8) is 0 Å². The normalized spacial score (nSPS) is 21.4. The molecule has 0 amide bonds. The first-order chi connectivity index (χ1) is 7.66. The number of likely N-dealkylation sites (N-methyl/N-ethyl adjacent to an activating group) is 1. The number of rotatable bonds is 4. The fourth-order valence-electron chi connectivity index (χ4n) is 1.75. The van der Waals surface area contributed by atoms with Crippen LogP contribution in [0.1, 0.15) is 12.5 Å². The van der Waals surface area contributed by atoms with E-state index in [-0.39, 0.29) is 11.8 Å². The molecule has 16 heavy (non-hydrogen) atoms. The molecule has 1 saturated heterocycles. The molecule has 1 fully saturated rings. The number of hydrogen-bond donors (Lipinski definition) is 1. The first kappa shape index (κ1) is 11.3. The minimum Gasteiger partial charge on any atom is -0.481 e. The van der Waals surface area contributed by atoms with Crippen LogP contribution in [0.4, 0.5) is 0 Å². The molecule has 2 heterocycles. The SMILES string of the molecule is CN1CCC(n2nnnc2SCC(=O)O)C1. The van der Waals surface area contributed by atoms with Crippen LogP contribution in [0, 0.1) is 0 Å². The van der Waals surface area contributed by atoms with Gasteiger partial charge in [0.2, 0.25) is 5.16 Å². The number of carboxylic acids is 1. The Morgan fingerprint density at radius 2 is 2.50 bits per heavy atom. The molecule has 8 heteroatoms. The van der Waals surface area contributed by atoms with Gasteiger partial charge in [-0.05, 0) is 23.9 Å². The molecule has 1 unspecified atom stereocenters. The lowest BCUT2D eigenvalue weighted by atomic mass is 10.3. The van der Waals surface area contributed by atoms with Crippen molar-refractivity contribution in [2.75, 3.05) is 25.9 Å². The molecule has 1 atom stereocenters. The molecule has 0 aliphatic carbocycles. The number of aromatic nitrogens is 4. The molecule has 0 radical (unpaired) electrons. The second-order valence-corrected chi connectivity index (χ2v) is 4.74. The van der Waals surface area contributed by atoms with Crippen molar-refractivity contribution in [3.05, 3.63) is 0 Å². The van der Waals surface area contributed by atoms with Crippen LogP contribution in [0.2, 0.25) is 0 Å². The second-order valence-electron chi connectivity index (χ2n) is 3.79. The van der Waals surface area contributed by atoms with E-state index in [0.29, 0.717) is 5.16 Å². The number of tetrazole rings is 1. The predicted molar refractivity (Wildman–Crippen MR) is 57.3 cm³/mol. The number of likely N-dealkylation sites (tertiary alicyclic amines) is 1. The highest BCUT2D eigenvalue weighted by Gasteiger charge is 2.24. The summed E-state index contributed by atoms with van der Waals surface area (Å²) in [7, 11) is 2.05. The van der Waals surface area contributed by atoms with Gasteiger partial charge in [-0.25, -0.2) is 4.68 Å². The first-order valence-electron chi connectivity index (χ1n) is 4.98. The fourth-order valence-corrected chi connectivity index (χ4v) is 2.41. The zero-order valence-corrected chi connectivity index (χ0v) is 9.72. The Bertz CT molecular complexity index is 382. The number of aliphatic carboxylic acids is 1. The third kappa shape index (κ3) is 2.50. The molecule has 1 aromatic rings. The fraction of sp³-hybridized carbons (Fsp3) is 0.750. The second kappa shape index (κ2) is 4.79. The van der Waals surface area contributed by atoms with Crippen molar-refractivity contribution in [2.24, 2.45) is 0 Å². The topological polar surface area (TPSA) is 84.1 Å². The van der Waals surface area contributed by atoms with Crippen LogP contribution in [-0.4, -0.2) is 62.1 Å². The summed E-state index contributed by atoms with van der Waals surface area (Å²) < 4.78 is 1.73. The van der Waals surface area contributed by atoms with Crippen molar-refractivity contribution in [1.29, 1.82) is 0 Å². The van der Waals surface area contributed by atoms with E-state index in [1.54, 1.807) is 4.68 Å². The molecule has 0 spiro atoms. The van der Waals surface area contributed by atoms with Crippen LogP contribution in [0.3, 0.4) is 0 Å². The maximum absolute atomic E-state index is 10.5. The summed E-state index contributed by atoms with van der Waals surface area (Å²) >= 11 is 1.16. The highest BCUT2D eigenvalue weighted by Crippen LogP contribution is 2.24. The molecular formula is C8H13N5O2S. The molecule has 1 aromatic heterocycles. The van der Waals surface area contributed by atoms with Crippen LogP contribution in [-0.2, 0) is 4.79 Å². The smallest absolute Gasteiger partial charge is 0.313 e. The molecule has 7 nitrogen and oxygen atoms in total. The standard InChI is InChI=1S/C8H13N5O2S/c1-12-3-2-6(4-12)13-8(9-10-11-13)16-5-7(14)15/h6H,2-5H2,1H3,(H,14,15). The highest BCUT2D eigenvalue weighted by atomic mass is 32.2. The minimum absolute atomic E-state index is 0.0110. The average Bonchev–Trinajstić information content (AvgIpc) is 2.82. The lowest BCUT2D eigenvalue weighted by Gasteiger charge is -2.11. The van der Waals surface area contributed by atoms with E-state index >= 15 is 0 Å². The monoisotopic (exact) mass is 243 g/mol. The van der Waals surface area contributed by atoms with Crippen LogP contribution in [0.15, 0.2) is 5.16 Å². The Balaban J connectivity index is 2.04. The number of carbonyl (C=O) groups is 1. The molecule has 1 aliphatic rings. The Kier molecular flexibility index (Phi) is 3.39. The maximum atomic E-state index is 10.5. The van der Waals surface area contributed by atoms with E-state index < -0.39 is 5.97 Å². The van der Waals surface area contributed by atoms with Gasteiger partial charge in [0.15, 0.2) is 0 Å². The third-order valence-electron chi connectivity index (χ3n) is 2.50. The number of hydrogen-bond acceptors (Lipinski definition) is 6. The minimum atomic E-state index is -0.858. The summed E-state index contributed by atoms with van der Waals surface area (Å²) in [6, 6.07) is 0.260. The lowest BCUT2D eigenvalue weighted by molar-refractivity contribution is -0.133. The van der Waals surface area contributed by atoms with E-state index in [0.717, 1.165) is 31.3 Å². The van der Waals surface area contributed by atoms with Crippen molar-refractivity contribution < 1.29 is 9.90 Å². The van der Waals surface area contributed by atoms with Gasteiger partial charge in [0.1, 0.15) is 0 Å². The highest BCUT2D eigenvalue weighted by molar-refractivity contribution is 7.99. The Hall–Kier alpha value is -1.15. The predicted octanol–water partition coefficient (Wildman–Crippen LogP) is -0.274. The quantitative estimate of drug-likeness (QED) is 0.728. The first-order valence-corrected chi connectivity index (χ1v) is 5.96. The molecule has 0 aromatic carbocycles. The van der Waals surface area contributed by atoms with Crippen LogP contribution >= 0.6 is 11.8 Å². The van der Waals surface area contributed by atoms with E-state index in [4.69, 9.17) is 5.11 Å². The van der Waals surface area contributed by atoms with Crippen molar-refractivity contribution in [3.8, 4) is 0 Å². The largest absolute Gasteiger partial charge is 0.481 e. The third-order valence-corrected chi connectivity index (χ3v) is 3.42. The van der Waals surface area contributed by atoms with Crippen molar-refractivity contribution >= 4 is 17.7 Å². The van der Waals surface area contributed by atoms with E-state index in [2.05, 4.69) is 27.5 Å². The Labute approximate surface area is 96.8 Å². The van der Waals surface area contributed by atoms with Gasteiger partial charge in [0.05, 0.1) is 11.8 Å². The van der Waals surface area contributed by atoms with Gasteiger partial charge < -0.3 is 10.0 Å². The maximum Gasteiger partial charge on any atom is 0.313 e. The molecule has 1 N–H and O–H groups in total. The summed E-state index contributed by atoms with van der Waals surface area (Å²) in [5.74, 6) is -0.869. The zero-order valence-electron chi connectivity index (χ0n) is 8.91. The van der Waals surface area contributed by atoms with E-state index in [9.17, 15) is 4.79 Å². The molecule has 0 saturated carbocycles. The summed E-state index contributed by atoms with van der Waals surface area (Å²) in [5.41, 5.74) is 0. The van der Waals surface area contributed by atoms with Crippen LogP contribution in [0.25, 0.3) is 0 Å². The van der Waals surface area contributed by atoms with Gasteiger partial charge in [-0.15, -0.1) is 5.10 Å². The molecule has 88 valence electrons.